The van der Waals surface area contributed by atoms with E-state index in [9.17, 15) is 46.1 Å². The molecule has 8 aromatic carbocycles. The normalized spacial score (nSPS) is 11.9. The van der Waals surface area contributed by atoms with Crippen molar-refractivity contribution in [3.63, 3.8) is 0 Å². The van der Waals surface area contributed by atoms with Crippen LogP contribution in [0.3, 0.4) is 0 Å². The number of anilines is 1. The number of benzene rings is 8. The van der Waals surface area contributed by atoms with Crippen LogP contribution in [0.1, 0.15) is 40.9 Å². The van der Waals surface area contributed by atoms with Gasteiger partial charge in [0.1, 0.15) is 34.2 Å². The summed E-state index contributed by atoms with van der Waals surface area (Å²) in [5, 5.41) is 58.9. The zero-order valence-corrected chi connectivity index (χ0v) is 47.7. The molecule has 0 saturated carbocycles. The predicted octanol–water partition coefficient (Wildman–Crippen LogP) is 11.8. The van der Waals surface area contributed by atoms with Gasteiger partial charge in [0.05, 0.1) is 50.0 Å². The number of aromatic hydroxyl groups is 1. The van der Waals surface area contributed by atoms with E-state index in [0.717, 1.165) is 12.1 Å². The SMILES string of the molecule is CCOc1ccccc1N=C([O-])c1cc2ccccc2c(N=Nc2c(Cl)ccc(S(=O)(=O)O)c2C)c1[O-].CCOc1ccccc1NC(=O)c1cc2ccccc2c(N=Nc2c(Cl)ccc(S(=O)(=O)O)c2C)c1O.[Ba+2]. The number of nitrogens with one attached hydrogen (secondary N) is 1. The van der Waals surface area contributed by atoms with E-state index in [1.165, 1.54) is 38.1 Å². The number of fused-ring (bicyclic) bond motifs is 2. The van der Waals surface area contributed by atoms with Crippen LogP contribution in [0, 0.1) is 13.8 Å². The average Bonchev–Trinajstić information content (AvgIpc) is 3.35. The number of phenolic OH excluding ortho intramolecular Hbond substituents is 1. The summed E-state index contributed by atoms with van der Waals surface area (Å²) >= 11 is 12.4. The Balaban J connectivity index is 0.000000241. The number of carbonyl (C=O) groups is 1. The molecule has 23 heteroatoms. The molecule has 0 heterocycles. The molecule has 0 spiro atoms. The summed E-state index contributed by atoms with van der Waals surface area (Å²) in [6, 6.07) is 35.1. The van der Waals surface area contributed by atoms with Crippen LogP contribution in [0.15, 0.2) is 169 Å². The maximum atomic E-state index is 13.4. The van der Waals surface area contributed by atoms with Crippen molar-refractivity contribution in [2.75, 3.05) is 18.5 Å². The van der Waals surface area contributed by atoms with Crippen LogP contribution >= 0.6 is 23.2 Å². The van der Waals surface area contributed by atoms with Crippen molar-refractivity contribution in [3.05, 3.63) is 166 Å². The summed E-state index contributed by atoms with van der Waals surface area (Å²) in [5.74, 6) is -1.67. The number of para-hydroxylation sites is 4. The van der Waals surface area contributed by atoms with Gasteiger partial charge in [0.15, 0.2) is 5.75 Å². The van der Waals surface area contributed by atoms with Crippen LogP contribution in [-0.4, -0.2) is 105 Å². The maximum Gasteiger partial charge on any atom is 2.00 e. The topological polar surface area (TPSA) is 284 Å². The van der Waals surface area contributed by atoms with E-state index in [2.05, 4.69) is 30.8 Å². The number of amides is 1. The molecule has 0 saturated heterocycles. The van der Waals surface area contributed by atoms with E-state index >= 15 is 0 Å². The fraction of sp³-hybridized carbons (Fsp3) is 0.115. The molecule has 0 atom stereocenters. The van der Waals surface area contributed by atoms with E-state index in [0.29, 0.717) is 51.9 Å². The van der Waals surface area contributed by atoms with E-state index in [4.69, 9.17) is 32.7 Å². The number of halogens is 2. The summed E-state index contributed by atoms with van der Waals surface area (Å²) in [7, 11) is -9.07. The largest absolute Gasteiger partial charge is 2.00 e. The smallest absolute Gasteiger partial charge is 0.871 e. The summed E-state index contributed by atoms with van der Waals surface area (Å²) < 4.78 is 76.8. The Bertz CT molecular complexity index is 3830. The van der Waals surface area contributed by atoms with Crippen LogP contribution in [0.5, 0.6) is 23.0 Å². The van der Waals surface area contributed by atoms with E-state index in [1.54, 1.807) is 104 Å². The summed E-state index contributed by atoms with van der Waals surface area (Å²) in [6.45, 7) is 7.21. The molecule has 0 aliphatic heterocycles. The molecule has 0 aliphatic carbocycles. The van der Waals surface area contributed by atoms with Gasteiger partial charge in [-0.15, -0.1) is 15.3 Å². The fourth-order valence-electron chi connectivity index (χ4n) is 7.50. The Morgan fingerprint density at radius 3 is 1.60 bits per heavy atom. The van der Waals surface area contributed by atoms with Crippen LogP contribution in [0.4, 0.5) is 34.1 Å². The Labute approximate surface area is 481 Å². The monoisotopic (exact) mass is 1210 g/mol. The van der Waals surface area contributed by atoms with Gasteiger partial charge in [-0.2, -0.15) is 21.9 Å². The molecule has 75 heavy (non-hydrogen) atoms. The first-order valence-electron chi connectivity index (χ1n) is 22.1. The van der Waals surface area contributed by atoms with Crippen molar-refractivity contribution in [1.29, 1.82) is 0 Å². The Morgan fingerprint density at radius 2 is 1.05 bits per heavy atom. The third-order valence-corrected chi connectivity index (χ3v) is 13.6. The van der Waals surface area contributed by atoms with E-state index in [-0.39, 0.29) is 115 Å². The number of aliphatic imine (C=N–C) groups is 1. The molecule has 0 radical (unpaired) electrons. The molecular formula is C52H42BaCl2N6O12S2. The minimum Gasteiger partial charge on any atom is -0.871 e. The van der Waals surface area contributed by atoms with Crippen molar-refractivity contribution in [1.82, 2.24) is 0 Å². The van der Waals surface area contributed by atoms with Gasteiger partial charge in [-0.3, -0.25) is 18.9 Å². The first-order chi connectivity index (χ1) is 35.2. The third-order valence-electron chi connectivity index (χ3n) is 11.0. The van der Waals surface area contributed by atoms with Crippen molar-refractivity contribution in [2.45, 2.75) is 37.5 Å². The van der Waals surface area contributed by atoms with Gasteiger partial charge in [-0.1, -0.05) is 102 Å². The summed E-state index contributed by atoms with van der Waals surface area (Å²) in [4.78, 5) is 16.5. The second kappa shape index (κ2) is 25.0. The zero-order valence-electron chi connectivity index (χ0n) is 40.1. The minimum absolute atomic E-state index is 0. The fourth-order valence-corrected chi connectivity index (χ4v) is 9.43. The van der Waals surface area contributed by atoms with Crippen molar-refractivity contribution >= 4 is 160 Å². The van der Waals surface area contributed by atoms with Crippen molar-refractivity contribution in [2.24, 2.45) is 25.4 Å². The number of azo groups is 2. The second-order valence-corrected chi connectivity index (χ2v) is 19.3. The number of carbonyl (C=O) groups excluding carboxylic acids is 1. The minimum atomic E-state index is -4.54. The number of ether oxygens (including phenoxy) is 2. The van der Waals surface area contributed by atoms with Crippen LogP contribution < -0.4 is 25.0 Å². The Morgan fingerprint density at radius 1 is 0.613 bits per heavy atom. The molecule has 380 valence electrons. The molecule has 0 bridgehead atoms. The molecule has 0 aromatic heterocycles. The molecule has 8 rings (SSSR count). The molecular weight excluding hydrogens is 1170 g/mol. The third kappa shape index (κ3) is 13.3. The summed E-state index contributed by atoms with van der Waals surface area (Å²) in [5.41, 5.74) is 0.296. The van der Waals surface area contributed by atoms with Crippen LogP contribution in [0.25, 0.3) is 21.5 Å². The predicted molar refractivity (Wildman–Crippen MR) is 284 cm³/mol. The van der Waals surface area contributed by atoms with Gasteiger partial charge in [0.25, 0.3) is 26.1 Å². The Kier molecular flexibility index (Phi) is 19.3. The van der Waals surface area contributed by atoms with Gasteiger partial charge in [0.2, 0.25) is 0 Å². The van der Waals surface area contributed by atoms with Gasteiger partial charge >= 0.3 is 48.9 Å². The summed E-state index contributed by atoms with van der Waals surface area (Å²) in [6.07, 6.45) is 0. The van der Waals surface area contributed by atoms with Gasteiger partial charge in [-0.05, 0) is 122 Å². The molecule has 0 unspecified atom stereocenters. The van der Waals surface area contributed by atoms with Crippen LogP contribution in [0.2, 0.25) is 10.0 Å². The number of hydrogen-bond acceptors (Lipinski definition) is 15. The molecule has 4 N–H and O–H groups in total. The van der Waals surface area contributed by atoms with Gasteiger partial charge in [-0.25, -0.2) is 0 Å². The van der Waals surface area contributed by atoms with E-state index < -0.39 is 48.4 Å². The number of hydrogen-bond donors (Lipinski definition) is 4. The Hall–Kier alpha value is -6.41. The zero-order chi connectivity index (χ0) is 53.5. The molecule has 1 amide bonds. The molecule has 0 fully saturated rings. The second-order valence-electron chi connectivity index (χ2n) is 15.8. The number of nitrogens with zero attached hydrogens (tertiary/aromatic N) is 5. The first kappa shape index (κ1) is 57.9. The van der Waals surface area contributed by atoms with Crippen molar-refractivity contribution in [3.8, 4) is 23.0 Å². The average molecular weight is 1220 g/mol. The van der Waals surface area contributed by atoms with Gasteiger partial charge < -0.3 is 30.1 Å². The number of rotatable bonds is 14. The molecule has 18 nitrogen and oxygen atoms in total. The quantitative estimate of drug-likeness (QED) is 0.0260. The maximum absolute atomic E-state index is 13.4. The van der Waals surface area contributed by atoms with Crippen molar-refractivity contribution < 1.29 is 55.5 Å². The molecule has 8 aromatic rings. The van der Waals surface area contributed by atoms with Crippen LogP contribution in [-0.2, 0) is 20.2 Å². The molecule has 0 aliphatic rings. The van der Waals surface area contributed by atoms with Gasteiger partial charge in [0, 0.05) is 10.8 Å². The number of phenols is 1. The van der Waals surface area contributed by atoms with E-state index in [1.807, 2.05) is 6.92 Å². The first-order valence-corrected chi connectivity index (χ1v) is 25.7. The standard InChI is InChI=1S/2C26H22ClN3O6S.Ba/c2*1-3-36-21-11-7-6-10-20(21)28-26(32)18-14-16-8-4-5-9-17(16)24(25(18)31)30-29-23-15(2)22(37(33,34)35)13-12-19(23)27;/h2*4-14,31H,3H2,1-2H3,(H,28,32)(H,33,34,35);/q;;+2/p-2.